The summed E-state index contributed by atoms with van der Waals surface area (Å²) in [4.78, 5) is 11.7. The summed E-state index contributed by atoms with van der Waals surface area (Å²) in [7, 11) is 0. The van der Waals surface area contributed by atoms with Crippen LogP contribution < -0.4 is 10.6 Å². The highest BCUT2D eigenvalue weighted by molar-refractivity contribution is 9.10. The third kappa shape index (κ3) is 4.78. The minimum absolute atomic E-state index is 0.282. The molecule has 1 unspecified atom stereocenters. The van der Waals surface area contributed by atoms with E-state index in [0.717, 1.165) is 25.0 Å². The van der Waals surface area contributed by atoms with Gasteiger partial charge in [-0.1, -0.05) is 29.3 Å². The van der Waals surface area contributed by atoms with E-state index in [0.29, 0.717) is 11.0 Å². The van der Waals surface area contributed by atoms with Gasteiger partial charge in [0.25, 0.3) is 0 Å². The zero-order chi connectivity index (χ0) is 14.4. The van der Waals surface area contributed by atoms with E-state index in [9.17, 15) is 13.6 Å². The van der Waals surface area contributed by atoms with Crippen molar-refractivity contribution in [1.82, 2.24) is 5.32 Å². The summed E-state index contributed by atoms with van der Waals surface area (Å²) in [6, 6.07) is 1.59. The molecule has 1 rings (SSSR count). The van der Waals surface area contributed by atoms with Crippen LogP contribution in [0.5, 0.6) is 0 Å². The Morgan fingerprint density at radius 2 is 1.95 bits per heavy atom. The fraction of sp³-hybridized carbons (Fsp3) is 0.462. The van der Waals surface area contributed by atoms with E-state index in [1.807, 2.05) is 6.92 Å². The summed E-state index contributed by atoms with van der Waals surface area (Å²) < 4.78 is 27.5. The number of nitrogens with one attached hydrogen (secondary N) is 2. The first-order valence-electron chi connectivity index (χ1n) is 6.14. The van der Waals surface area contributed by atoms with Gasteiger partial charge in [-0.25, -0.2) is 8.78 Å². The molecule has 1 aromatic carbocycles. The molecule has 0 bridgehead atoms. The highest BCUT2D eigenvalue weighted by Gasteiger charge is 2.17. The third-order valence-corrected chi connectivity index (χ3v) is 3.05. The number of hydrogen-bond donors (Lipinski definition) is 2. The number of unbranched alkanes of at least 4 members (excludes halogenated alkanes) is 1. The van der Waals surface area contributed by atoms with Crippen LogP contribution in [0.3, 0.4) is 0 Å². The summed E-state index contributed by atoms with van der Waals surface area (Å²) in [6.45, 7) is 4.13. The number of carbonyl (C=O) groups excluding carboxylic acids is 1. The summed E-state index contributed by atoms with van der Waals surface area (Å²) in [5, 5.41) is 5.25. The fourth-order valence-electron chi connectivity index (χ4n) is 1.50. The van der Waals surface area contributed by atoms with Gasteiger partial charge in [-0.3, -0.25) is 4.79 Å². The second-order valence-corrected chi connectivity index (χ2v) is 5.17. The zero-order valence-electron chi connectivity index (χ0n) is 10.9. The molecule has 0 aromatic heterocycles. The molecule has 0 heterocycles. The lowest BCUT2D eigenvalue weighted by Gasteiger charge is -2.16. The van der Waals surface area contributed by atoms with Crippen LogP contribution in [0.2, 0.25) is 0 Å². The van der Waals surface area contributed by atoms with Crippen molar-refractivity contribution in [3.63, 3.8) is 0 Å². The topological polar surface area (TPSA) is 41.1 Å². The number of benzene rings is 1. The van der Waals surface area contributed by atoms with E-state index in [4.69, 9.17) is 0 Å². The van der Waals surface area contributed by atoms with Crippen LogP contribution in [0.4, 0.5) is 14.5 Å². The Labute approximate surface area is 119 Å². The molecule has 6 heteroatoms. The maximum absolute atomic E-state index is 13.6. The highest BCUT2D eigenvalue weighted by atomic mass is 79.9. The summed E-state index contributed by atoms with van der Waals surface area (Å²) >= 11 is 3.00. The van der Waals surface area contributed by atoms with Gasteiger partial charge < -0.3 is 10.6 Å². The van der Waals surface area contributed by atoms with Crippen molar-refractivity contribution in [2.24, 2.45) is 0 Å². The first kappa shape index (κ1) is 15.9. The molecule has 1 amide bonds. The summed E-state index contributed by atoms with van der Waals surface area (Å²) in [5.74, 6) is -1.75. The SMILES string of the molecule is CCCCNC(=O)C(C)Nc1c(F)cc(Br)cc1F. The fourth-order valence-corrected chi connectivity index (χ4v) is 1.91. The predicted octanol–water partition coefficient (Wildman–Crippen LogP) is 3.44. The predicted molar refractivity (Wildman–Crippen MR) is 75.1 cm³/mol. The molecular weight excluding hydrogens is 318 g/mol. The van der Waals surface area contributed by atoms with Gasteiger partial charge in [-0.05, 0) is 25.5 Å². The van der Waals surface area contributed by atoms with Crippen molar-refractivity contribution in [3.05, 3.63) is 28.2 Å². The molecule has 0 aliphatic carbocycles. The van der Waals surface area contributed by atoms with Gasteiger partial charge in [0, 0.05) is 11.0 Å². The molecule has 0 radical (unpaired) electrons. The Hall–Kier alpha value is -1.17. The summed E-state index contributed by atoms with van der Waals surface area (Å²) in [6.07, 6.45) is 1.84. The van der Waals surface area contributed by atoms with Gasteiger partial charge >= 0.3 is 0 Å². The minimum Gasteiger partial charge on any atom is -0.369 e. The maximum atomic E-state index is 13.6. The molecular formula is C13H17BrF2N2O. The average molecular weight is 335 g/mol. The van der Waals surface area contributed by atoms with Crippen LogP contribution in [-0.4, -0.2) is 18.5 Å². The first-order chi connectivity index (χ1) is 8.95. The molecule has 106 valence electrons. The van der Waals surface area contributed by atoms with Crippen LogP contribution in [0, 0.1) is 11.6 Å². The largest absolute Gasteiger partial charge is 0.369 e. The zero-order valence-corrected chi connectivity index (χ0v) is 12.5. The lowest BCUT2D eigenvalue weighted by molar-refractivity contribution is -0.121. The standard InChI is InChI=1S/C13H17BrF2N2O/c1-3-4-5-17-13(19)8(2)18-12-10(15)6-9(14)7-11(12)16/h6-8,18H,3-5H2,1-2H3,(H,17,19). The molecule has 3 nitrogen and oxygen atoms in total. The van der Waals surface area contributed by atoms with E-state index in [1.165, 1.54) is 0 Å². The Bertz CT molecular complexity index is 431. The molecule has 0 aliphatic rings. The quantitative estimate of drug-likeness (QED) is 0.782. The minimum atomic E-state index is -0.736. The van der Waals surface area contributed by atoms with Crippen LogP contribution in [0.1, 0.15) is 26.7 Å². The van der Waals surface area contributed by atoms with Gasteiger partial charge in [0.05, 0.1) is 0 Å². The second kappa shape index (κ2) is 7.43. The molecule has 0 fully saturated rings. The van der Waals surface area contributed by atoms with E-state index >= 15 is 0 Å². The molecule has 1 atom stereocenters. The van der Waals surface area contributed by atoms with Gasteiger partial charge in [0.1, 0.15) is 23.4 Å². The Morgan fingerprint density at radius 3 is 2.47 bits per heavy atom. The van der Waals surface area contributed by atoms with Gasteiger partial charge in [0.15, 0.2) is 0 Å². The van der Waals surface area contributed by atoms with Gasteiger partial charge in [0.2, 0.25) is 5.91 Å². The van der Waals surface area contributed by atoms with Crippen LogP contribution >= 0.6 is 15.9 Å². The smallest absolute Gasteiger partial charge is 0.242 e. The van der Waals surface area contributed by atoms with E-state index in [-0.39, 0.29) is 11.6 Å². The van der Waals surface area contributed by atoms with Crippen LogP contribution in [0.15, 0.2) is 16.6 Å². The Balaban J connectivity index is 2.66. The van der Waals surface area contributed by atoms with Crippen molar-refractivity contribution in [2.45, 2.75) is 32.7 Å². The number of rotatable bonds is 6. The van der Waals surface area contributed by atoms with Crippen LogP contribution in [0.25, 0.3) is 0 Å². The maximum Gasteiger partial charge on any atom is 0.242 e. The number of anilines is 1. The monoisotopic (exact) mass is 334 g/mol. The molecule has 0 spiro atoms. The summed E-state index contributed by atoms with van der Waals surface area (Å²) in [5.41, 5.74) is -0.290. The van der Waals surface area contributed by atoms with Crippen molar-refractivity contribution in [3.8, 4) is 0 Å². The van der Waals surface area contributed by atoms with E-state index in [1.54, 1.807) is 6.92 Å². The highest BCUT2D eigenvalue weighted by Crippen LogP contribution is 2.24. The molecule has 0 aliphatic heterocycles. The number of carbonyl (C=O) groups is 1. The number of amides is 1. The number of halogens is 3. The van der Waals surface area contributed by atoms with E-state index < -0.39 is 17.7 Å². The molecule has 0 saturated carbocycles. The molecule has 0 saturated heterocycles. The van der Waals surface area contributed by atoms with E-state index in [2.05, 4.69) is 26.6 Å². The van der Waals surface area contributed by atoms with Crippen molar-refractivity contribution >= 4 is 27.5 Å². The normalized spacial score (nSPS) is 12.1. The first-order valence-corrected chi connectivity index (χ1v) is 6.93. The average Bonchev–Trinajstić information content (AvgIpc) is 2.33. The second-order valence-electron chi connectivity index (χ2n) is 4.26. The van der Waals surface area contributed by atoms with Crippen molar-refractivity contribution in [2.75, 3.05) is 11.9 Å². The molecule has 19 heavy (non-hydrogen) atoms. The van der Waals surface area contributed by atoms with Crippen LogP contribution in [-0.2, 0) is 4.79 Å². The molecule has 2 N–H and O–H groups in total. The number of hydrogen-bond acceptors (Lipinski definition) is 2. The Kier molecular flexibility index (Phi) is 6.21. The molecule has 1 aromatic rings. The van der Waals surface area contributed by atoms with Crippen molar-refractivity contribution in [1.29, 1.82) is 0 Å². The van der Waals surface area contributed by atoms with Crippen molar-refractivity contribution < 1.29 is 13.6 Å². The lowest BCUT2D eigenvalue weighted by Crippen LogP contribution is -2.38. The Morgan fingerprint density at radius 1 is 1.37 bits per heavy atom. The van der Waals surface area contributed by atoms with Gasteiger partial charge in [-0.2, -0.15) is 0 Å². The van der Waals surface area contributed by atoms with Gasteiger partial charge in [-0.15, -0.1) is 0 Å². The lowest BCUT2D eigenvalue weighted by atomic mass is 10.2. The third-order valence-electron chi connectivity index (χ3n) is 2.59.